The minimum atomic E-state index is 0.196. The summed E-state index contributed by atoms with van der Waals surface area (Å²) in [5.74, 6) is 0.401. The molecular formula is C27H38O. The Morgan fingerprint density at radius 2 is 0.929 bits per heavy atom. The molecule has 0 radical (unpaired) electrons. The summed E-state index contributed by atoms with van der Waals surface area (Å²) in [6.45, 7) is 13.4. The van der Waals surface area contributed by atoms with Crippen LogP contribution in [-0.4, -0.2) is 5.78 Å². The van der Waals surface area contributed by atoms with Gasteiger partial charge < -0.3 is 0 Å². The quantitative estimate of drug-likeness (QED) is 0.475. The summed E-state index contributed by atoms with van der Waals surface area (Å²) in [5, 5.41) is 0. The molecule has 2 aromatic carbocycles. The molecule has 0 N–H and O–H groups in total. The second-order valence-electron chi connectivity index (χ2n) is 10.1. The highest BCUT2D eigenvalue weighted by Gasteiger charge is 2.13. The molecule has 0 saturated heterocycles. The van der Waals surface area contributed by atoms with E-state index in [-0.39, 0.29) is 10.8 Å². The monoisotopic (exact) mass is 378 g/mol. The van der Waals surface area contributed by atoms with Crippen LogP contribution in [0.15, 0.2) is 48.5 Å². The Balaban J connectivity index is 1.67. The molecule has 0 atom stereocenters. The van der Waals surface area contributed by atoms with Gasteiger partial charge in [0.2, 0.25) is 0 Å². The number of ketones is 1. The number of carbonyl (C=O) groups excluding carboxylic acids is 1. The van der Waals surface area contributed by atoms with Crippen molar-refractivity contribution in [3.05, 3.63) is 70.8 Å². The zero-order chi connectivity index (χ0) is 20.8. The Kier molecular flexibility index (Phi) is 7.63. The molecule has 28 heavy (non-hydrogen) atoms. The maximum Gasteiger partial charge on any atom is 0.132 e. The van der Waals surface area contributed by atoms with Crippen molar-refractivity contribution in [2.24, 2.45) is 0 Å². The van der Waals surface area contributed by atoms with E-state index in [1.807, 2.05) is 0 Å². The topological polar surface area (TPSA) is 17.1 Å². The largest absolute Gasteiger partial charge is 0.300 e. The number of hydrogen-bond acceptors (Lipinski definition) is 1. The van der Waals surface area contributed by atoms with Gasteiger partial charge in [0.25, 0.3) is 0 Å². The van der Waals surface area contributed by atoms with E-state index in [0.717, 1.165) is 25.7 Å². The Morgan fingerprint density at radius 1 is 0.607 bits per heavy atom. The molecule has 0 aliphatic heterocycles. The number of rotatable bonds is 8. The number of hydrogen-bond donors (Lipinski definition) is 0. The smallest absolute Gasteiger partial charge is 0.132 e. The highest BCUT2D eigenvalue weighted by molar-refractivity contribution is 5.78. The minimum absolute atomic E-state index is 0.196. The van der Waals surface area contributed by atoms with Gasteiger partial charge in [0.1, 0.15) is 5.78 Å². The molecule has 1 nitrogen and oxygen atoms in total. The van der Waals surface area contributed by atoms with Gasteiger partial charge in [-0.25, -0.2) is 0 Å². The molecule has 0 saturated carbocycles. The van der Waals surface area contributed by atoms with Gasteiger partial charge >= 0.3 is 0 Å². The summed E-state index contributed by atoms with van der Waals surface area (Å²) in [6, 6.07) is 17.8. The number of carbonyl (C=O) groups is 1. The van der Waals surface area contributed by atoms with E-state index in [9.17, 15) is 4.79 Å². The van der Waals surface area contributed by atoms with Crippen LogP contribution in [0, 0.1) is 0 Å². The van der Waals surface area contributed by atoms with Crippen molar-refractivity contribution in [3.63, 3.8) is 0 Å². The van der Waals surface area contributed by atoms with Gasteiger partial charge in [-0.1, -0.05) is 90.1 Å². The fourth-order valence-electron chi connectivity index (χ4n) is 3.45. The van der Waals surface area contributed by atoms with Crippen molar-refractivity contribution < 1.29 is 4.79 Å². The van der Waals surface area contributed by atoms with Crippen LogP contribution >= 0.6 is 0 Å². The minimum Gasteiger partial charge on any atom is -0.300 e. The van der Waals surface area contributed by atoms with Crippen LogP contribution in [0.3, 0.4) is 0 Å². The molecule has 1 heteroatoms. The molecule has 0 spiro atoms. The molecule has 0 aliphatic carbocycles. The predicted molar refractivity (Wildman–Crippen MR) is 121 cm³/mol. The van der Waals surface area contributed by atoms with Crippen molar-refractivity contribution in [2.75, 3.05) is 0 Å². The lowest BCUT2D eigenvalue weighted by Gasteiger charge is -2.19. The summed E-state index contributed by atoms with van der Waals surface area (Å²) in [7, 11) is 0. The first-order valence-corrected chi connectivity index (χ1v) is 10.8. The Bertz CT molecular complexity index is 671. The summed E-state index contributed by atoms with van der Waals surface area (Å²) < 4.78 is 0. The lowest BCUT2D eigenvalue weighted by Crippen LogP contribution is -2.10. The molecule has 0 aliphatic rings. The van der Waals surface area contributed by atoms with Crippen LogP contribution in [-0.2, 0) is 28.5 Å². The van der Waals surface area contributed by atoms with Gasteiger partial charge in [-0.3, -0.25) is 4.79 Å². The van der Waals surface area contributed by atoms with Crippen molar-refractivity contribution in [1.29, 1.82) is 0 Å². The molecule has 2 rings (SSSR count). The first kappa shape index (κ1) is 22.4. The summed E-state index contributed by atoms with van der Waals surface area (Å²) in [5.41, 5.74) is 5.79. The zero-order valence-electron chi connectivity index (χ0n) is 18.8. The van der Waals surface area contributed by atoms with Gasteiger partial charge in [-0.15, -0.1) is 0 Å². The van der Waals surface area contributed by atoms with Crippen LogP contribution in [0.2, 0.25) is 0 Å². The molecule has 0 amide bonds. The van der Waals surface area contributed by atoms with Gasteiger partial charge in [0, 0.05) is 12.8 Å². The van der Waals surface area contributed by atoms with Crippen molar-refractivity contribution >= 4 is 5.78 Å². The fourth-order valence-corrected chi connectivity index (χ4v) is 3.45. The number of aryl methyl sites for hydroxylation is 2. The highest BCUT2D eigenvalue weighted by atomic mass is 16.1. The number of Topliss-reactive ketones (excluding diaryl/α,β-unsaturated/α-hetero) is 1. The molecule has 0 heterocycles. The van der Waals surface area contributed by atoms with Crippen LogP contribution in [0.25, 0.3) is 0 Å². The van der Waals surface area contributed by atoms with E-state index in [0.29, 0.717) is 18.6 Å². The average Bonchev–Trinajstić information content (AvgIpc) is 2.61. The maximum absolute atomic E-state index is 12.2. The molecule has 152 valence electrons. The molecule has 0 fully saturated rings. The van der Waals surface area contributed by atoms with Gasteiger partial charge in [0.15, 0.2) is 0 Å². The normalized spacial score (nSPS) is 12.2. The second-order valence-corrected chi connectivity index (χ2v) is 10.1. The third-order valence-electron chi connectivity index (χ3n) is 5.48. The second kappa shape index (κ2) is 9.54. The van der Waals surface area contributed by atoms with E-state index < -0.39 is 0 Å². The molecule has 2 aromatic rings. The van der Waals surface area contributed by atoms with Crippen LogP contribution in [0.4, 0.5) is 0 Å². The first-order valence-electron chi connectivity index (χ1n) is 10.8. The predicted octanol–water partition coefficient (Wildman–Crippen LogP) is 7.20. The van der Waals surface area contributed by atoms with Gasteiger partial charge in [-0.2, -0.15) is 0 Å². The van der Waals surface area contributed by atoms with Gasteiger partial charge in [-0.05, 0) is 58.8 Å². The summed E-state index contributed by atoms with van der Waals surface area (Å²) >= 11 is 0. The fraction of sp³-hybridized carbons (Fsp3) is 0.519. The highest BCUT2D eigenvalue weighted by Crippen LogP contribution is 2.23. The third kappa shape index (κ3) is 7.26. The lowest BCUT2D eigenvalue weighted by molar-refractivity contribution is -0.119. The molecule has 0 aromatic heterocycles. The third-order valence-corrected chi connectivity index (χ3v) is 5.48. The van der Waals surface area contributed by atoms with E-state index >= 15 is 0 Å². The van der Waals surface area contributed by atoms with E-state index in [4.69, 9.17) is 0 Å². The maximum atomic E-state index is 12.2. The van der Waals surface area contributed by atoms with E-state index in [2.05, 4.69) is 90.1 Å². The van der Waals surface area contributed by atoms with Crippen molar-refractivity contribution in [3.8, 4) is 0 Å². The SMILES string of the molecule is CC(C)(C)c1ccc(CCCC(=O)CCCc2ccc(C(C)(C)C)cc2)cc1. The van der Waals surface area contributed by atoms with Gasteiger partial charge in [0.05, 0.1) is 0 Å². The lowest BCUT2D eigenvalue weighted by atomic mass is 9.86. The molecule has 0 bridgehead atoms. The Hall–Kier alpha value is -1.89. The summed E-state index contributed by atoms with van der Waals surface area (Å²) in [6.07, 6.45) is 5.28. The van der Waals surface area contributed by atoms with Crippen LogP contribution < -0.4 is 0 Å². The zero-order valence-corrected chi connectivity index (χ0v) is 18.8. The first-order chi connectivity index (χ1) is 13.1. The Labute approximate surface area is 172 Å². The Morgan fingerprint density at radius 3 is 1.21 bits per heavy atom. The molecule has 0 unspecified atom stereocenters. The average molecular weight is 379 g/mol. The van der Waals surface area contributed by atoms with Crippen LogP contribution in [0.5, 0.6) is 0 Å². The van der Waals surface area contributed by atoms with Crippen LogP contribution in [0.1, 0.15) is 89.5 Å². The van der Waals surface area contributed by atoms with E-state index in [1.165, 1.54) is 22.3 Å². The number of benzene rings is 2. The van der Waals surface area contributed by atoms with E-state index in [1.54, 1.807) is 0 Å². The standard InChI is InChI=1S/C27H38O/c1-26(2,3)23-17-13-21(14-18-23)9-7-11-25(28)12-8-10-22-15-19-24(20-16-22)27(4,5)6/h13-20H,7-12H2,1-6H3. The summed E-state index contributed by atoms with van der Waals surface area (Å²) in [4.78, 5) is 12.2. The molecular weight excluding hydrogens is 340 g/mol. The van der Waals surface area contributed by atoms with Crippen molar-refractivity contribution in [1.82, 2.24) is 0 Å². The van der Waals surface area contributed by atoms with Crippen molar-refractivity contribution in [2.45, 2.75) is 90.9 Å².